The van der Waals surface area contributed by atoms with Crippen LogP contribution in [0.4, 0.5) is 0 Å². The minimum Gasteiger partial charge on any atom is -0.251 e. The number of hydrazine groups is 1. The summed E-state index contributed by atoms with van der Waals surface area (Å²) in [4.78, 5) is 10.7. The van der Waals surface area contributed by atoms with Gasteiger partial charge in [0, 0.05) is 20.6 Å². The zero-order valence-corrected chi connectivity index (χ0v) is 8.45. The lowest BCUT2D eigenvalue weighted by molar-refractivity contribution is 0.309. The second-order valence-electron chi connectivity index (χ2n) is 3.18. The molecule has 0 unspecified atom stereocenters. The summed E-state index contributed by atoms with van der Waals surface area (Å²) in [6, 6.07) is 9.53. The second kappa shape index (κ2) is 5.35. The van der Waals surface area contributed by atoms with Gasteiger partial charge in [0.25, 0.3) is 0 Å². The molecule has 0 heterocycles. The highest BCUT2D eigenvalue weighted by Crippen LogP contribution is 2.08. The van der Waals surface area contributed by atoms with Crippen LogP contribution in [0.3, 0.4) is 0 Å². The summed E-state index contributed by atoms with van der Waals surface area (Å²) in [5.41, 5.74) is 4.58. The lowest BCUT2D eigenvalue weighted by Gasteiger charge is -2.12. The fraction of sp³-hybridized carbons (Fsp3) is 0.273. The van der Waals surface area contributed by atoms with E-state index in [1.54, 1.807) is 5.01 Å². The summed E-state index contributed by atoms with van der Waals surface area (Å²) >= 11 is 0. The highest BCUT2D eigenvalue weighted by molar-refractivity contribution is 5.88. The maximum absolute atomic E-state index is 10.7. The normalized spacial score (nSPS) is 9.93. The first-order valence-electron chi connectivity index (χ1n) is 4.44. The Hall–Kier alpha value is -1.41. The number of hydrogen-bond acceptors (Lipinski definition) is 3. The van der Waals surface area contributed by atoms with E-state index < -0.39 is 0 Å². The van der Waals surface area contributed by atoms with E-state index in [1.807, 2.05) is 50.4 Å². The van der Waals surface area contributed by atoms with Gasteiger partial charge in [0.1, 0.15) is 5.94 Å². The van der Waals surface area contributed by atoms with Crippen molar-refractivity contribution in [2.75, 3.05) is 20.6 Å². The monoisotopic (exact) mass is 190 g/mol. The molecule has 0 radical (unpaired) electrons. The van der Waals surface area contributed by atoms with E-state index in [1.165, 1.54) is 0 Å². The largest absolute Gasteiger partial charge is 0.251 e. The van der Waals surface area contributed by atoms with Crippen molar-refractivity contribution in [2.24, 2.45) is 0 Å². The number of rotatable bonds is 4. The SMILES string of the molecule is CN(C)NCC(=C=O)c1ccccc1. The Morgan fingerprint density at radius 3 is 2.50 bits per heavy atom. The summed E-state index contributed by atoms with van der Waals surface area (Å²) < 4.78 is 0. The smallest absolute Gasteiger partial charge is 0.129 e. The van der Waals surface area contributed by atoms with Gasteiger partial charge < -0.3 is 0 Å². The first-order chi connectivity index (χ1) is 6.74. The highest BCUT2D eigenvalue weighted by Gasteiger charge is 2.01. The molecule has 0 aliphatic rings. The molecule has 0 aliphatic heterocycles. The standard InChI is InChI=1S/C11H14N2O/c1-13(2)12-8-11(9-14)10-6-4-3-5-7-10/h3-7,12H,8H2,1-2H3. The van der Waals surface area contributed by atoms with Crippen LogP contribution in [0.1, 0.15) is 5.56 Å². The minimum atomic E-state index is 0.501. The molecular formula is C11H14N2O. The Morgan fingerprint density at radius 2 is 2.00 bits per heavy atom. The fourth-order valence-electron chi connectivity index (χ4n) is 1.07. The molecule has 0 saturated heterocycles. The van der Waals surface area contributed by atoms with Crippen molar-refractivity contribution in [1.82, 2.24) is 10.4 Å². The van der Waals surface area contributed by atoms with E-state index in [9.17, 15) is 4.79 Å². The maximum Gasteiger partial charge on any atom is 0.129 e. The van der Waals surface area contributed by atoms with Crippen LogP contribution in [0.25, 0.3) is 5.57 Å². The van der Waals surface area contributed by atoms with E-state index in [2.05, 4.69) is 5.43 Å². The molecule has 3 heteroatoms. The summed E-state index contributed by atoms with van der Waals surface area (Å²) in [6.07, 6.45) is 0. The van der Waals surface area contributed by atoms with Gasteiger partial charge in [0.2, 0.25) is 0 Å². The van der Waals surface area contributed by atoms with E-state index in [0.29, 0.717) is 12.1 Å². The number of hydrogen-bond donors (Lipinski definition) is 1. The third-order valence-electron chi connectivity index (χ3n) is 1.82. The van der Waals surface area contributed by atoms with Gasteiger partial charge in [0.05, 0.1) is 5.57 Å². The van der Waals surface area contributed by atoms with Crippen LogP contribution in [-0.2, 0) is 4.79 Å². The van der Waals surface area contributed by atoms with Crippen LogP contribution >= 0.6 is 0 Å². The Labute approximate surface area is 84.0 Å². The zero-order valence-electron chi connectivity index (χ0n) is 8.45. The fourth-order valence-corrected chi connectivity index (χ4v) is 1.07. The molecule has 1 aromatic rings. The van der Waals surface area contributed by atoms with E-state index in [0.717, 1.165) is 5.56 Å². The van der Waals surface area contributed by atoms with Crippen molar-refractivity contribution in [3.63, 3.8) is 0 Å². The Kier molecular flexibility index (Phi) is 4.08. The van der Waals surface area contributed by atoms with E-state index in [4.69, 9.17) is 0 Å². The zero-order chi connectivity index (χ0) is 10.4. The van der Waals surface area contributed by atoms with Gasteiger partial charge in [0.15, 0.2) is 0 Å². The van der Waals surface area contributed by atoms with Crippen molar-refractivity contribution in [1.29, 1.82) is 0 Å². The summed E-state index contributed by atoms with van der Waals surface area (Å²) in [6.45, 7) is 0.501. The number of benzene rings is 1. The molecule has 0 saturated carbocycles. The molecule has 1 aromatic carbocycles. The average Bonchev–Trinajstić information content (AvgIpc) is 2.20. The summed E-state index contributed by atoms with van der Waals surface area (Å²) in [5.74, 6) is 1.95. The molecule has 3 nitrogen and oxygen atoms in total. The first-order valence-corrected chi connectivity index (χ1v) is 4.44. The molecular weight excluding hydrogens is 176 g/mol. The van der Waals surface area contributed by atoms with Gasteiger partial charge in [-0.1, -0.05) is 30.3 Å². The quantitative estimate of drug-likeness (QED) is 0.567. The van der Waals surface area contributed by atoms with Crippen molar-refractivity contribution in [3.05, 3.63) is 35.9 Å². The van der Waals surface area contributed by atoms with Crippen molar-refractivity contribution >= 4 is 11.5 Å². The van der Waals surface area contributed by atoms with E-state index in [-0.39, 0.29) is 0 Å². The Bertz CT molecular complexity index is 326. The van der Waals surface area contributed by atoms with Gasteiger partial charge in [-0.2, -0.15) is 0 Å². The second-order valence-corrected chi connectivity index (χ2v) is 3.18. The van der Waals surface area contributed by atoms with Gasteiger partial charge >= 0.3 is 0 Å². The maximum atomic E-state index is 10.7. The number of carbonyl (C=O) groups excluding carboxylic acids is 1. The van der Waals surface area contributed by atoms with Crippen molar-refractivity contribution < 1.29 is 4.79 Å². The molecule has 1 N–H and O–H groups in total. The highest BCUT2D eigenvalue weighted by atomic mass is 16.1. The lowest BCUT2D eigenvalue weighted by atomic mass is 10.1. The molecule has 0 fully saturated rings. The summed E-state index contributed by atoms with van der Waals surface area (Å²) in [5, 5.41) is 1.81. The predicted octanol–water partition coefficient (Wildman–Crippen LogP) is 0.968. The van der Waals surface area contributed by atoms with Crippen molar-refractivity contribution in [3.8, 4) is 0 Å². The topological polar surface area (TPSA) is 32.3 Å². The molecule has 14 heavy (non-hydrogen) atoms. The molecule has 74 valence electrons. The average molecular weight is 190 g/mol. The molecule has 0 bridgehead atoms. The molecule has 0 amide bonds. The van der Waals surface area contributed by atoms with Gasteiger partial charge in [-0.05, 0) is 5.56 Å². The summed E-state index contributed by atoms with van der Waals surface area (Å²) in [7, 11) is 3.76. The predicted molar refractivity (Wildman–Crippen MR) is 57.2 cm³/mol. The third-order valence-corrected chi connectivity index (χ3v) is 1.82. The molecule has 1 rings (SSSR count). The first kappa shape index (κ1) is 10.7. The van der Waals surface area contributed by atoms with Crippen LogP contribution in [0.15, 0.2) is 30.3 Å². The third kappa shape index (κ3) is 3.15. The Morgan fingerprint density at radius 1 is 1.36 bits per heavy atom. The molecule has 0 aromatic heterocycles. The number of nitrogens with one attached hydrogen (secondary N) is 1. The van der Waals surface area contributed by atoms with Gasteiger partial charge in [-0.15, -0.1) is 0 Å². The van der Waals surface area contributed by atoms with E-state index >= 15 is 0 Å². The van der Waals surface area contributed by atoms with Gasteiger partial charge in [-0.25, -0.2) is 4.79 Å². The van der Waals surface area contributed by atoms with Crippen LogP contribution < -0.4 is 5.43 Å². The van der Waals surface area contributed by atoms with Crippen LogP contribution in [-0.4, -0.2) is 31.6 Å². The van der Waals surface area contributed by atoms with Crippen LogP contribution in [0, 0.1) is 0 Å². The number of nitrogens with zero attached hydrogens (tertiary/aromatic N) is 1. The van der Waals surface area contributed by atoms with Gasteiger partial charge in [-0.3, -0.25) is 10.4 Å². The molecule has 0 atom stereocenters. The van der Waals surface area contributed by atoms with Crippen molar-refractivity contribution in [2.45, 2.75) is 0 Å². The molecule has 0 aliphatic carbocycles. The lowest BCUT2D eigenvalue weighted by Crippen LogP contribution is -2.31. The van der Waals surface area contributed by atoms with Crippen LogP contribution in [0.2, 0.25) is 0 Å². The Balaban J connectivity index is 2.70. The van der Waals surface area contributed by atoms with Crippen LogP contribution in [0.5, 0.6) is 0 Å². The minimum absolute atomic E-state index is 0.501. The molecule has 0 spiro atoms.